The standard InChI is InChI=1S/C28H32Cl2N6O3/c1-15(2)21-22(16(3)8-9-32-21)36-25-18(12-20(29)24(30)33-25)23(19(13-31)26(36)37)34-10-11-35(17(4)14-34)27(38)39-28(5,6)7/h8-9,12,15,17H,10-11,14H2,1-7H3. The molecule has 3 aromatic rings. The van der Waals surface area contributed by atoms with Gasteiger partial charge in [-0.25, -0.2) is 9.78 Å². The molecule has 4 rings (SSSR count). The number of halogens is 2. The third-order valence-corrected chi connectivity index (χ3v) is 7.32. The summed E-state index contributed by atoms with van der Waals surface area (Å²) in [5.41, 5.74) is 1.59. The van der Waals surface area contributed by atoms with Gasteiger partial charge in [0.25, 0.3) is 5.56 Å². The zero-order chi connectivity index (χ0) is 28.8. The Hall–Kier alpha value is -3.35. The first-order valence-corrected chi connectivity index (χ1v) is 13.6. The number of ether oxygens (including phenoxy) is 1. The molecule has 1 aliphatic rings. The first-order chi connectivity index (χ1) is 18.2. The molecule has 0 saturated carbocycles. The van der Waals surface area contributed by atoms with Gasteiger partial charge in [0.2, 0.25) is 0 Å². The summed E-state index contributed by atoms with van der Waals surface area (Å²) in [6, 6.07) is 5.35. The maximum absolute atomic E-state index is 14.1. The fourth-order valence-corrected chi connectivity index (χ4v) is 5.21. The normalized spacial score (nSPS) is 16.1. The highest BCUT2D eigenvalue weighted by Crippen LogP contribution is 2.36. The third kappa shape index (κ3) is 5.41. The van der Waals surface area contributed by atoms with Gasteiger partial charge in [-0.3, -0.25) is 14.3 Å². The van der Waals surface area contributed by atoms with Gasteiger partial charge in [-0.15, -0.1) is 0 Å². The van der Waals surface area contributed by atoms with Crippen LogP contribution in [0.5, 0.6) is 0 Å². The number of hydrogen-bond acceptors (Lipinski definition) is 7. The Morgan fingerprint density at radius 2 is 1.92 bits per heavy atom. The fourth-order valence-electron chi connectivity index (χ4n) is 4.92. The molecule has 0 aromatic carbocycles. The summed E-state index contributed by atoms with van der Waals surface area (Å²) in [6.45, 7) is 14.3. The van der Waals surface area contributed by atoms with Crippen molar-refractivity contribution in [3.8, 4) is 11.8 Å². The zero-order valence-electron chi connectivity index (χ0n) is 23.2. The molecule has 11 heteroatoms. The molecule has 0 bridgehead atoms. The molecule has 3 aromatic heterocycles. The first-order valence-electron chi connectivity index (χ1n) is 12.8. The minimum Gasteiger partial charge on any atom is -0.444 e. The SMILES string of the molecule is Cc1ccnc(C(C)C)c1-n1c(=O)c(C#N)c(N2CCN(C(=O)OC(C)(C)C)C(C)C2)c2cc(Cl)c(Cl)nc21. The molecule has 1 unspecified atom stereocenters. The Labute approximate surface area is 237 Å². The number of rotatable bonds is 3. The third-order valence-electron chi connectivity index (χ3n) is 6.64. The van der Waals surface area contributed by atoms with Crippen LogP contribution in [0.2, 0.25) is 10.2 Å². The van der Waals surface area contributed by atoms with E-state index in [2.05, 4.69) is 16.0 Å². The molecule has 39 heavy (non-hydrogen) atoms. The lowest BCUT2D eigenvalue weighted by molar-refractivity contribution is 0.0159. The largest absolute Gasteiger partial charge is 0.444 e. The van der Waals surface area contributed by atoms with Crippen molar-refractivity contribution in [1.82, 2.24) is 19.4 Å². The van der Waals surface area contributed by atoms with Gasteiger partial charge in [-0.05, 0) is 58.2 Å². The number of pyridine rings is 3. The second kappa shape index (κ2) is 10.7. The fraction of sp³-hybridized carbons (Fsp3) is 0.464. The highest BCUT2D eigenvalue weighted by molar-refractivity contribution is 6.41. The van der Waals surface area contributed by atoms with E-state index in [-0.39, 0.29) is 33.3 Å². The molecule has 1 saturated heterocycles. The van der Waals surface area contributed by atoms with Crippen molar-refractivity contribution >= 4 is 46.0 Å². The highest BCUT2D eigenvalue weighted by Gasteiger charge is 2.34. The van der Waals surface area contributed by atoms with Crippen molar-refractivity contribution in [3.63, 3.8) is 0 Å². The Morgan fingerprint density at radius 3 is 2.51 bits per heavy atom. The van der Waals surface area contributed by atoms with Crippen molar-refractivity contribution in [2.45, 2.75) is 66.0 Å². The van der Waals surface area contributed by atoms with Crippen LogP contribution in [0.1, 0.15) is 64.3 Å². The number of hydrogen-bond donors (Lipinski definition) is 0. The molecule has 1 amide bonds. The van der Waals surface area contributed by atoms with Gasteiger partial charge >= 0.3 is 6.09 Å². The van der Waals surface area contributed by atoms with E-state index in [4.69, 9.17) is 27.9 Å². The summed E-state index contributed by atoms with van der Waals surface area (Å²) in [7, 11) is 0. The van der Waals surface area contributed by atoms with Crippen molar-refractivity contribution in [1.29, 1.82) is 5.26 Å². The number of carbonyl (C=O) groups excluding carboxylic acids is 1. The first kappa shape index (κ1) is 28.7. The van der Waals surface area contributed by atoms with E-state index in [9.17, 15) is 14.9 Å². The summed E-state index contributed by atoms with van der Waals surface area (Å²) in [5, 5.41) is 11.1. The Kier molecular flexibility index (Phi) is 7.84. The highest BCUT2D eigenvalue weighted by atomic mass is 35.5. The van der Waals surface area contributed by atoms with Gasteiger partial charge in [0.05, 0.1) is 22.1 Å². The number of amides is 1. The summed E-state index contributed by atoms with van der Waals surface area (Å²) in [4.78, 5) is 39.6. The molecule has 1 aliphatic heterocycles. The van der Waals surface area contributed by atoms with E-state index in [0.717, 1.165) is 5.56 Å². The maximum Gasteiger partial charge on any atom is 0.410 e. The van der Waals surface area contributed by atoms with Crippen molar-refractivity contribution < 1.29 is 9.53 Å². The molecule has 1 atom stereocenters. The van der Waals surface area contributed by atoms with Gasteiger partial charge < -0.3 is 14.5 Å². The average molecular weight is 572 g/mol. The Bertz CT molecular complexity index is 1550. The topological polar surface area (TPSA) is 104 Å². The lowest BCUT2D eigenvalue weighted by Crippen LogP contribution is -2.55. The number of aromatic nitrogens is 3. The molecular weight excluding hydrogens is 539 g/mol. The molecule has 206 valence electrons. The van der Waals surface area contributed by atoms with Crippen molar-refractivity contribution in [2.24, 2.45) is 0 Å². The number of aryl methyl sites for hydroxylation is 1. The molecule has 0 radical (unpaired) electrons. The summed E-state index contributed by atoms with van der Waals surface area (Å²) in [6.07, 6.45) is 1.30. The van der Waals surface area contributed by atoms with Gasteiger partial charge in [-0.2, -0.15) is 5.26 Å². The van der Waals surface area contributed by atoms with Gasteiger partial charge in [0, 0.05) is 37.3 Å². The Balaban J connectivity index is 1.94. The van der Waals surface area contributed by atoms with Crippen molar-refractivity contribution in [3.05, 3.63) is 55.7 Å². The van der Waals surface area contributed by atoms with Crippen LogP contribution < -0.4 is 10.5 Å². The summed E-state index contributed by atoms with van der Waals surface area (Å²) >= 11 is 12.8. The van der Waals surface area contributed by atoms with E-state index in [1.807, 2.05) is 59.4 Å². The monoisotopic (exact) mass is 570 g/mol. The second-order valence-corrected chi connectivity index (χ2v) is 11.9. The molecule has 0 aliphatic carbocycles. The maximum atomic E-state index is 14.1. The van der Waals surface area contributed by atoms with Crippen LogP contribution in [0, 0.1) is 18.3 Å². The quantitative estimate of drug-likeness (QED) is 0.364. The molecule has 1 fully saturated rings. The molecular formula is C28H32Cl2N6O3. The van der Waals surface area contributed by atoms with E-state index >= 15 is 0 Å². The Morgan fingerprint density at radius 1 is 1.23 bits per heavy atom. The number of carbonyl (C=O) groups is 1. The number of nitriles is 1. The zero-order valence-corrected chi connectivity index (χ0v) is 24.7. The number of fused-ring (bicyclic) bond motifs is 1. The van der Waals surface area contributed by atoms with Crippen LogP contribution in [0.25, 0.3) is 16.7 Å². The van der Waals surface area contributed by atoms with Gasteiger partial charge in [0.15, 0.2) is 5.65 Å². The van der Waals surface area contributed by atoms with Crippen LogP contribution >= 0.6 is 23.2 Å². The second-order valence-electron chi connectivity index (χ2n) is 11.1. The average Bonchev–Trinajstić information content (AvgIpc) is 2.83. The number of anilines is 1. The van der Waals surface area contributed by atoms with Crippen LogP contribution in [-0.2, 0) is 4.74 Å². The number of piperazine rings is 1. The minimum absolute atomic E-state index is 0.00313. The number of nitrogens with zero attached hydrogens (tertiary/aromatic N) is 6. The molecule has 4 heterocycles. The lowest BCUT2D eigenvalue weighted by atomic mass is 10.0. The van der Waals surface area contributed by atoms with E-state index in [0.29, 0.717) is 42.1 Å². The predicted molar refractivity (Wildman–Crippen MR) is 153 cm³/mol. The molecule has 0 N–H and O–H groups in total. The molecule has 0 spiro atoms. The van der Waals surface area contributed by atoms with E-state index < -0.39 is 17.3 Å². The summed E-state index contributed by atoms with van der Waals surface area (Å²) < 4.78 is 7.00. The van der Waals surface area contributed by atoms with Crippen molar-refractivity contribution in [2.75, 3.05) is 24.5 Å². The summed E-state index contributed by atoms with van der Waals surface area (Å²) in [5.74, 6) is -0.00313. The smallest absolute Gasteiger partial charge is 0.410 e. The van der Waals surface area contributed by atoms with Crippen LogP contribution in [-0.4, -0.2) is 56.8 Å². The van der Waals surface area contributed by atoms with Crippen LogP contribution in [0.3, 0.4) is 0 Å². The van der Waals surface area contributed by atoms with Crippen LogP contribution in [0.15, 0.2) is 23.1 Å². The van der Waals surface area contributed by atoms with Crippen LogP contribution in [0.4, 0.5) is 10.5 Å². The van der Waals surface area contributed by atoms with Gasteiger partial charge in [-0.1, -0.05) is 37.0 Å². The predicted octanol–water partition coefficient (Wildman–Crippen LogP) is 5.84. The molecule has 9 nitrogen and oxygen atoms in total. The van der Waals surface area contributed by atoms with E-state index in [1.54, 1.807) is 17.2 Å². The van der Waals surface area contributed by atoms with E-state index in [1.165, 1.54) is 4.57 Å². The minimum atomic E-state index is -0.621. The van der Waals surface area contributed by atoms with Gasteiger partial charge in [0.1, 0.15) is 22.4 Å². The lowest BCUT2D eigenvalue weighted by Gasteiger charge is -2.41.